The standard InChI is InChI=1S/C42H42ClN3O5/c1-3-41(48)45-22-18-33(19-23-45)50-32-16-14-30(15-17-32)35-12-8-9-13-38(35)44-40(47)27-31-26-36(29-10-6-5-7-11-29)37(43)28-39(31)51-34-20-24-46(25-21-34)42(49)4-2/h3-17,26,28,33-34H,1-2,18-25,27H2,(H,44,47). The number of carbonyl (C=O) groups is 3. The number of ether oxygens (including phenoxy) is 2. The largest absolute Gasteiger partial charge is 0.490 e. The van der Waals surface area contributed by atoms with E-state index in [1.54, 1.807) is 15.9 Å². The van der Waals surface area contributed by atoms with Crippen molar-refractivity contribution < 1.29 is 23.9 Å². The molecule has 262 valence electrons. The molecule has 0 unspecified atom stereocenters. The predicted molar refractivity (Wildman–Crippen MR) is 202 cm³/mol. The van der Waals surface area contributed by atoms with E-state index in [4.69, 9.17) is 21.1 Å². The van der Waals surface area contributed by atoms with Gasteiger partial charge in [-0.2, -0.15) is 0 Å². The summed E-state index contributed by atoms with van der Waals surface area (Å²) in [4.78, 5) is 41.3. The van der Waals surface area contributed by atoms with E-state index in [0.717, 1.165) is 46.4 Å². The molecule has 2 fully saturated rings. The number of para-hydroxylation sites is 1. The fraction of sp³-hybridized carbons (Fsp3) is 0.262. The highest BCUT2D eigenvalue weighted by atomic mass is 35.5. The Morgan fingerprint density at radius 2 is 1.25 bits per heavy atom. The summed E-state index contributed by atoms with van der Waals surface area (Å²) in [7, 11) is 0. The van der Waals surface area contributed by atoms with Gasteiger partial charge in [-0.15, -0.1) is 0 Å². The third kappa shape index (κ3) is 8.88. The van der Waals surface area contributed by atoms with Gasteiger partial charge in [-0.1, -0.05) is 85.4 Å². The summed E-state index contributed by atoms with van der Waals surface area (Å²) in [6, 6.07) is 29.1. The number of piperidine rings is 2. The Hall–Kier alpha value is -5.34. The first-order chi connectivity index (χ1) is 24.8. The van der Waals surface area contributed by atoms with Crippen LogP contribution < -0.4 is 14.8 Å². The summed E-state index contributed by atoms with van der Waals surface area (Å²) in [5.74, 6) is 1.00. The zero-order chi connectivity index (χ0) is 35.7. The van der Waals surface area contributed by atoms with Gasteiger partial charge in [0.2, 0.25) is 17.7 Å². The third-order valence-corrected chi connectivity index (χ3v) is 9.72. The van der Waals surface area contributed by atoms with E-state index in [-0.39, 0.29) is 36.4 Å². The second-order valence-electron chi connectivity index (χ2n) is 12.8. The molecule has 6 rings (SSSR count). The summed E-state index contributed by atoms with van der Waals surface area (Å²) in [6.07, 6.45) is 5.53. The lowest BCUT2D eigenvalue weighted by atomic mass is 9.99. The highest BCUT2D eigenvalue weighted by molar-refractivity contribution is 6.33. The molecule has 9 heteroatoms. The molecule has 51 heavy (non-hydrogen) atoms. The Balaban J connectivity index is 1.16. The quantitative estimate of drug-likeness (QED) is 0.160. The van der Waals surface area contributed by atoms with Gasteiger partial charge in [-0.3, -0.25) is 14.4 Å². The van der Waals surface area contributed by atoms with Gasteiger partial charge in [0, 0.05) is 74.2 Å². The minimum absolute atomic E-state index is 0.0368. The van der Waals surface area contributed by atoms with Gasteiger partial charge in [0.05, 0.1) is 11.4 Å². The van der Waals surface area contributed by atoms with Gasteiger partial charge in [0.15, 0.2) is 0 Å². The number of anilines is 1. The number of hydrogen-bond acceptors (Lipinski definition) is 5. The molecule has 3 amide bonds. The second kappa shape index (κ2) is 16.6. The van der Waals surface area contributed by atoms with E-state index in [1.165, 1.54) is 12.2 Å². The fourth-order valence-electron chi connectivity index (χ4n) is 6.63. The molecule has 0 atom stereocenters. The molecule has 0 aromatic heterocycles. The Morgan fingerprint density at radius 3 is 1.86 bits per heavy atom. The topological polar surface area (TPSA) is 88.2 Å². The number of nitrogens with one attached hydrogen (secondary N) is 1. The van der Waals surface area contributed by atoms with Crippen molar-refractivity contribution in [1.29, 1.82) is 0 Å². The summed E-state index contributed by atoms with van der Waals surface area (Å²) in [5, 5.41) is 3.67. The van der Waals surface area contributed by atoms with E-state index in [1.807, 2.05) is 84.9 Å². The number of halogens is 1. The Labute approximate surface area is 304 Å². The van der Waals surface area contributed by atoms with Gasteiger partial charge in [-0.25, -0.2) is 0 Å². The van der Waals surface area contributed by atoms with Gasteiger partial charge in [-0.05, 0) is 53.6 Å². The van der Waals surface area contributed by atoms with Gasteiger partial charge >= 0.3 is 0 Å². The Morgan fingerprint density at radius 1 is 0.706 bits per heavy atom. The van der Waals surface area contributed by atoms with Crippen LogP contribution in [0, 0.1) is 0 Å². The van der Waals surface area contributed by atoms with Crippen LogP contribution in [-0.4, -0.2) is 65.9 Å². The highest BCUT2D eigenvalue weighted by Gasteiger charge is 2.25. The van der Waals surface area contributed by atoms with Crippen molar-refractivity contribution in [2.75, 3.05) is 31.5 Å². The summed E-state index contributed by atoms with van der Waals surface area (Å²) >= 11 is 6.81. The Kier molecular flexibility index (Phi) is 11.5. The predicted octanol–water partition coefficient (Wildman–Crippen LogP) is 7.97. The SMILES string of the molecule is C=CC(=O)N1CCC(Oc2ccc(-c3ccccc3NC(=O)Cc3cc(-c4ccccc4)c(Cl)cc3OC3CCN(C(=O)C=C)CC3)cc2)CC1. The number of amides is 3. The molecule has 2 saturated heterocycles. The van der Waals surface area contributed by atoms with Crippen molar-refractivity contribution in [3.8, 4) is 33.8 Å². The maximum absolute atomic E-state index is 13.8. The van der Waals surface area contributed by atoms with Crippen molar-refractivity contribution in [2.24, 2.45) is 0 Å². The third-order valence-electron chi connectivity index (χ3n) is 9.41. The number of carbonyl (C=O) groups excluding carboxylic acids is 3. The van der Waals surface area contributed by atoms with E-state index < -0.39 is 0 Å². The summed E-state index contributed by atoms with van der Waals surface area (Å²) in [6.45, 7) is 9.62. The van der Waals surface area contributed by atoms with Crippen LogP contribution in [0.2, 0.25) is 5.02 Å². The van der Waals surface area contributed by atoms with Gasteiger partial charge < -0.3 is 24.6 Å². The highest BCUT2D eigenvalue weighted by Crippen LogP contribution is 2.36. The van der Waals surface area contributed by atoms with Gasteiger partial charge in [0.1, 0.15) is 23.7 Å². The van der Waals surface area contributed by atoms with Crippen LogP contribution in [0.4, 0.5) is 5.69 Å². The van der Waals surface area contributed by atoms with Crippen molar-refractivity contribution in [2.45, 2.75) is 44.3 Å². The molecule has 8 nitrogen and oxygen atoms in total. The average Bonchev–Trinajstić information content (AvgIpc) is 3.16. The number of rotatable bonds is 11. The first-order valence-electron chi connectivity index (χ1n) is 17.3. The van der Waals surface area contributed by atoms with Crippen molar-refractivity contribution in [3.05, 3.63) is 127 Å². The lowest BCUT2D eigenvalue weighted by Crippen LogP contribution is -2.41. The summed E-state index contributed by atoms with van der Waals surface area (Å²) < 4.78 is 12.7. The molecule has 2 heterocycles. The van der Waals surface area contributed by atoms with Crippen LogP contribution in [0.3, 0.4) is 0 Å². The second-order valence-corrected chi connectivity index (χ2v) is 13.2. The number of likely N-dealkylation sites (tertiary alicyclic amines) is 2. The molecular formula is C42H42ClN3O5. The maximum atomic E-state index is 13.8. The van der Waals surface area contributed by atoms with Crippen molar-refractivity contribution >= 4 is 35.0 Å². The van der Waals surface area contributed by atoms with Crippen LogP contribution in [0.1, 0.15) is 31.2 Å². The zero-order valence-corrected chi connectivity index (χ0v) is 29.3. The number of benzene rings is 4. The van der Waals surface area contributed by atoms with Crippen LogP contribution >= 0.6 is 11.6 Å². The minimum Gasteiger partial charge on any atom is -0.490 e. The minimum atomic E-state index is -0.193. The van der Waals surface area contributed by atoms with Crippen molar-refractivity contribution in [3.63, 3.8) is 0 Å². The zero-order valence-electron chi connectivity index (χ0n) is 28.6. The average molecular weight is 704 g/mol. The molecule has 0 radical (unpaired) electrons. The molecule has 2 aliphatic rings. The molecule has 0 aliphatic carbocycles. The maximum Gasteiger partial charge on any atom is 0.245 e. The summed E-state index contributed by atoms with van der Waals surface area (Å²) in [5.41, 5.74) is 4.99. The molecule has 0 saturated carbocycles. The smallest absolute Gasteiger partial charge is 0.245 e. The van der Waals surface area contributed by atoms with Crippen LogP contribution in [-0.2, 0) is 20.8 Å². The van der Waals surface area contributed by atoms with Gasteiger partial charge in [0.25, 0.3) is 0 Å². The lowest BCUT2D eigenvalue weighted by molar-refractivity contribution is -0.128. The van der Waals surface area contributed by atoms with E-state index in [9.17, 15) is 14.4 Å². The number of nitrogens with zero attached hydrogens (tertiary/aromatic N) is 2. The molecule has 2 aliphatic heterocycles. The van der Waals surface area contributed by atoms with E-state index >= 15 is 0 Å². The molecule has 4 aromatic carbocycles. The molecule has 4 aromatic rings. The van der Waals surface area contributed by atoms with Crippen LogP contribution in [0.5, 0.6) is 11.5 Å². The first-order valence-corrected chi connectivity index (χ1v) is 17.7. The molecular weight excluding hydrogens is 662 g/mol. The lowest BCUT2D eigenvalue weighted by Gasteiger charge is -2.32. The first kappa shape index (κ1) is 35.5. The van der Waals surface area contributed by atoms with Crippen molar-refractivity contribution in [1.82, 2.24) is 9.80 Å². The molecule has 0 spiro atoms. The fourth-order valence-corrected chi connectivity index (χ4v) is 6.89. The molecule has 1 N–H and O–H groups in total. The number of hydrogen-bond donors (Lipinski definition) is 1. The molecule has 0 bridgehead atoms. The van der Waals surface area contributed by atoms with Crippen LogP contribution in [0.25, 0.3) is 22.3 Å². The normalized spacial score (nSPS) is 15.2. The van der Waals surface area contributed by atoms with E-state index in [2.05, 4.69) is 18.5 Å². The monoisotopic (exact) mass is 703 g/mol. The Bertz CT molecular complexity index is 1880. The van der Waals surface area contributed by atoms with Crippen LogP contribution in [0.15, 0.2) is 116 Å². The van der Waals surface area contributed by atoms with E-state index in [0.29, 0.717) is 55.5 Å².